The van der Waals surface area contributed by atoms with Crippen LogP contribution in [0.3, 0.4) is 0 Å². The molecule has 2 aromatic rings. The molecular formula is C16H20N4O3. The number of hydrogen-bond donors (Lipinski definition) is 1. The molecule has 1 unspecified atom stereocenters. The topological polar surface area (TPSA) is 78.3 Å². The van der Waals surface area contributed by atoms with Gasteiger partial charge in [-0.1, -0.05) is 13.8 Å². The van der Waals surface area contributed by atoms with E-state index in [9.17, 15) is 4.79 Å². The van der Waals surface area contributed by atoms with Crippen LogP contribution in [0.2, 0.25) is 0 Å². The van der Waals surface area contributed by atoms with E-state index in [0.29, 0.717) is 30.3 Å². The fourth-order valence-corrected chi connectivity index (χ4v) is 2.53. The first-order valence-electron chi connectivity index (χ1n) is 7.60. The molecule has 1 N–H and O–H groups in total. The molecule has 7 nitrogen and oxygen atoms in total. The number of aryl methyl sites for hydroxylation is 1. The predicted molar refractivity (Wildman–Crippen MR) is 83.5 cm³/mol. The SMILES string of the molecule is CC(C)C(NC(=O)c1ccc2c(c1)OCCO2)c1ncnn1C. The number of rotatable bonds is 4. The lowest BCUT2D eigenvalue weighted by molar-refractivity contribution is 0.0921. The van der Waals surface area contributed by atoms with Crippen LogP contribution in [0.4, 0.5) is 0 Å². The van der Waals surface area contributed by atoms with E-state index in [2.05, 4.69) is 15.4 Å². The van der Waals surface area contributed by atoms with Crippen molar-refractivity contribution >= 4 is 5.91 Å². The van der Waals surface area contributed by atoms with Gasteiger partial charge in [0.25, 0.3) is 5.91 Å². The zero-order valence-corrected chi connectivity index (χ0v) is 13.4. The molecule has 1 aromatic carbocycles. The number of aromatic nitrogens is 3. The molecule has 7 heteroatoms. The number of benzene rings is 1. The Morgan fingerprint density at radius 1 is 1.26 bits per heavy atom. The maximum Gasteiger partial charge on any atom is 0.252 e. The van der Waals surface area contributed by atoms with E-state index in [0.717, 1.165) is 5.82 Å². The summed E-state index contributed by atoms with van der Waals surface area (Å²) < 4.78 is 12.7. The van der Waals surface area contributed by atoms with Crippen molar-refractivity contribution in [3.8, 4) is 11.5 Å². The van der Waals surface area contributed by atoms with Crippen molar-refractivity contribution in [2.45, 2.75) is 19.9 Å². The van der Waals surface area contributed by atoms with Gasteiger partial charge in [0.2, 0.25) is 0 Å². The van der Waals surface area contributed by atoms with Gasteiger partial charge in [-0.25, -0.2) is 4.98 Å². The summed E-state index contributed by atoms with van der Waals surface area (Å²) in [7, 11) is 1.81. The normalized spacial score (nSPS) is 14.6. The zero-order valence-electron chi connectivity index (χ0n) is 13.4. The Kier molecular flexibility index (Phi) is 4.18. The molecule has 0 spiro atoms. The highest BCUT2D eigenvalue weighted by Gasteiger charge is 2.24. The van der Waals surface area contributed by atoms with Gasteiger partial charge in [-0.3, -0.25) is 9.48 Å². The van der Waals surface area contributed by atoms with E-state index in [1.165, 1.54) is 6.33 Å². The molecule has 3 rings (SSSR count). The molecule has 1 atom stereocenters. The number of carbonyl (C=O) groups is 1. The highest BCUT2D eigenvalue weighted by molar-refractivity contribution is 5.95. The molecule has 0 radical (unpaired) electrons. The third-order valence-corrected chi connectivity index (χ3v) is 3.78. The van der Waals surface area contributed by atoms with Gasteiger partial charge in [-0.15, -0.1) is 0 Å². The van der Waals surface area contributed by atoms with Gasteiger partial charge in [0, 0.05) is 12.6 Å². The van der Waals surface area contributed by atoms with Crippen LogP contribution in [-0.4, -0.2) is 33.9 Å². The number of ether oxygens (including phenoxy) is 2. The number of amides is 1. The maximum absolute atomic E-state index is 12.6. The smallest absolute Gasteiger partial charge is 0.252 e. The molecule has 1 aromatic heterocycles. The van der Waals surface area contributed by atoms with Crippen molar-refractivity contribution in [1.82, 2.24) is 20.1 Å². The minimum absolute atomic E-state index is 0.177. The lowest BCUT2D eigenvalue weighted by atomic mass is 10.0. The number of carbonyl (C=O) groups excluding carboxylic acids is 1. The van der Waals surface area contributed by atoms with Crippen LogP contribution < -0.4 is 14.8 Å². The summed E-state index contributed by atoms with van der Waals surface area (Å²) in [5, 5.41) is 7.10. The highest BCUT2D eigenvalue weighted by Crippen LogP contribution is 2.31. The maximum atomic E-state index is 12.6. The van der Waals surface area contributed by atoms with Crippen molar-refractivity contribution in [2.75, 3.05) is 13.2 Å². The average Bonchev–Trinajstić information content (AvgIpc) is 2.97. The third-order valence-electron chi connectivity index (χ3n) is 3.78. The fraction of sp³-hybridized carbons (Fsp3) is 0.438. The Balaban J connectivity index is 1.81. The van der Waals surface area contributed by atoms with Crippen molar-refractivity contribution in [1.29, 1.82) is 0 Å². The van der Waals surface area contributed by atoms with E-state index in [1.54, 1.807) is 22.9 Å². The summed E-state index contributed by atoms with van der Waals surface area (Å²) >= 11 is 0. The standard InChI is InChI=1S/C16H20N4O3/c1-10(2)14(15-17-9-18-20(15)3)19-16(21)11-4-5-12-13(8-11)23-7-6-22-12/h4-5,8-10,14H,6-7H2,1-3H3,(H,19,21). The lowest BCUT2D eigenvalue weighted by Gasteiger charge is -2.22. The largest absolute Gasteiger partial charge is 0.486 e. The predicted octanol–water partition coefficient (Wildman–Crippen LogP) is 1.71. The second-order valence-electron chi connectivity index (χ2n) is 5.80. The van der Waals surface area contributed by atoms with Crippen molar-refractivity contribution < 1.29 is 14.3 Å². The summed E-state index contributed by atoms with van der Waals surface area (Å²) in [5.41, 5.74) is 0.530. The van der Waals surface area contributed by atoms with Crippen LogP contribution in [0.5, 0.6) is 11.5 Å². The Hall–Kier alpha value is -2.57. The summed E-state index contributed by atoms with van der Waals surface area (Å²) in [5.74, 6) is 2.00. The molecule has 0 bridgehead atoms. The zero-order chi connectivity index (χ0) is 16.4. The third kappa shape index (κ3) is 3.13. The van der Waals surface area contributed by atoms with Crippen molar-refractivity contribution in [3.05, 3.63) is 35.9 Å². The van der Waals surface area contributed by atoms with Gasteiger partial charge in [0.15, 0.2) is 11.5 Å². The molecule has 1 aliphatic heterocycles. The minimum Gasteiger partial charge on any atom is -0.486 e. The summed E-state index contributed by atoms with van der Waals surface area (Å²) in [6.45, 7) is 5.08. The van der Waals surface area contributed by atoms with E-state index in [-0.39, 0.29) is 17.9 Å². The second kappa shape index (κ2) is 6.28. The first-order valence-corrected chi connectivity index (χ1v) is 7.60. The van der Waals surface area contributed by atoms with Gasteiger partial charge in [0.05, 0.1) is 6.04 Å². The van der Waals surface area contributed by atoms with E-state index in [1.807, 2.05) is 20.9 Å². The molecular weight excluding hydrogens is 296 g/mol. The van der Waals surface area contributed by atoms with E-state index in [4.69, 9.17) is 9.47 Å². The van der Waals surface area contributed by atoms with Crippen LogP contribution >= 0.6 is 0 Å². The van der Waals surface area contributed by atoms with Crippen molar-refractivity contribution in [3.63, 3.8) is 0 Å². The summed E-state index contributed by atoms with van der Waals surface area (Å²) in [4.78, 5) is 16.8. The first-order chi connectivity index (χ1) is 11.1. The van der Waals surface area contributed by atoms with Gasteiger partial charge in [-0.2, -0.15) is 5.10 Å². The monoisotopic (exact) mass is 316 g/mol. The molecule has 1 aliphatic rings. The Bertz CT molecular complexity index is 711. The van der Waals surface area contributed by atoms with Crippen LogP contribution in [0.25, 0.3) is 0 Å². The second-order valence-corrected chi connectivity index (χ2v) is 5.80. The highest BCUT2D eigenvalue weighted by atomic mass is 16.6. The summed E-state index contributed by atoms with van der Waals surface area (Å²) in [6, 6.07) is 4.98. The van der Waals surface area contributed by atoms with E-state index < -0.39 is 0 Å². The lowest BCUT2D eigenvalue weighted by Crippen LogP contribution is -2.33. The van der Waals surface area contributed by atoms with Gasteiger partial charge in [-0.05, 0) is 24.1 Å². The average molecular weight is 316 g/mol. The number of nitrogens with one attached hydrogen (secondary N) is 1. The number of hydrogen-bond acceptors (Lipinski definition) is 5. The van der Waals surface area contributed by atoms with Crippen molar-refractivity contribution in [2.24, 2.45) is 13.0 Å². The molecule has 2 heterocycles. The molecule has 122 valence electrons. The van der Waals surface area contributed by atoms with Crippen LogP contribution in [0.1, 0.15) is 36.1 Å². The molecule has 1 amide bonds. The van der Waals surface area contributed by atoms with Crippen LogP contribution in [-0.2, 0) is 7.05 Å². The Labute approximate surface area is 134 Å². The van der Waals surface area contributed by atoms with Crippen LogP contribution in [0.15, 0.2) is 24.5 Å². The fourth-order valence-electron chi connectivity index (χ4n) is 2.53. The van der Waals surface area contributed by atoms with Crippen LogP contribution in [0, 0.1) is 5.92 Å². The number of fused-ring (bicyclic) bond motifs is 1. The molecule has 0 fully saturated rings. The Morgan fingerprint density at radius 2 is 2.00 bits per heavy atom. The molecule has 0 aliphatic carbocycles. The Morgan fingerprint density at radius 3 is 2.65 bits per heavy atom. The molecule has 0 saturated heterocycles. The van der Waals surface area contributed by atoms with E-state index >= 15 is 0 Å². The molecule has 0 saturated carbocycles. The molecule has 23 heavy (non-hydrogen) atoms. The van der Waals surface area contributed by atoms with Gasteiger partial charge in [0.1, 0.15) is 25.4 Å². The quantitative estimate of drug-likeness (QED) is 0.929. The number of nitrogens with zero attached hydrogens (tertiary/aromatic N) is 3. The van der Waals surface area contributed by atoms with Gasteiger partial charge >= 0.3 is 0 Å². The minimum atomic E-state index is -0.219. The summed E-state index contributed by atoms with van der Waals surface area (Å²) in [6.07, 6.45) is 1.49. The van der Waals surface area contributed by atoms with Gasteiger partial charge < -0.3 is 14.8 Å². The first kappa shape index (κ1) is 15.3.